The van der Waals surface area contributed by atoms with Crippen molar-refractivity contribution in [2.75, 3.05) is 0 Å². The first-order chi connectivity index (χ1) is 17.3. The van der Waals surface area contributed by atoms with E-state index in [1.807, 2.05) is 0 Å². The van der Waals surface area contributed by atoms with Gasteiger partial charge in [-0.25, -0.2) is 10.9 Å². The molecule has 2 aromatic carbocycles. The Hall–Kier alpha value is -4.48. The van der Waals surface area contributed by atoms with E-state index < -0.39 is 20.7 Å². The van der Waals surface area contributed by atoms with Crippen molar-refractivity contribution in [2.45, 2.75) is 0 Å². The van der Waals surface area contributed by atoms with Crippen LogP contribution in [0, 0.1) is 66.6 Å². The minimum atomic E-state index is -0.479. The first-order valence-electron chi connectivity index (χ1n) is 11.5. The number of carbonyl (C=O) groups excluding carboxylic acids is 2. The molecule has 12 nitrogen and oxygen atoms in total. The summed E-state index contributed by atoms with van der Waals surface area (Å²) in [4.78, 5) is 46.4. The van der Waals surface area contributed by atoms with Gasteiger partial charge in [-0.1, -0.05) is 0 Å². The smallest absolute Gasteiger partial charge is 0.269 e. The predicted octanol–water partition coefficient (Wildman–Crippen LogP) is 1.84. The van der Waals surface area contributed by atoms with Crippen LogP contribution in [0.3, 0.4) is 0 Å². The Morgan fingerprint density at radius 1 is 0.667 bits per heavy atom. The summed E-state index contributed by atoms with van der Waals surface area (Å²) in [6.07, 6.45) is 2.92. The van der Waals surface area contributed by atoms with E-state index in [4.69, 9.17) is 0 Å². The average molecular weight is 486 g/mol. The van der Waals surface area contributed by atoms with E-state index in [9.17, 15) is 29.8 Å². The number of nitro groups is 2. The molecule has 0 saturated heterocycles. The van der Waals surface area contributed by atoms with Crippen LogP contribution in [0.5, 0.6) is 0 Å². The first kappa shape index (κ1) is 20.9. The van der Waals surface area contributed by atoms with Crippen LogP contribution < -0.4 is 10.9 Å². The third-order valence-corrected chi connectivity index (χ3v) is 9.38. The highest BCUT2D eigenvalue weighted by Gasteiger charge is 3.13. The van der Waals surface area contributed by atoms with Gasteiger partial charge in [-0.2, -0.15) is 10.2 Å². The van der Waals surface area contributed by atoms with Gasteiger partial charge in [-0.15, -0.1) is 0 Å². The second kappa shape index (κ2) is 6.59. The lowest BCUT2D eigenvalue weighted by atomic mass is 8.92. The number of benzene rings is 2. The highest BCUT2D eigenvalue weighted by molar-refractivity contribution is 6.00. The number of nitro benzene ring substituents is 2. The van der Waals surface area contributed by atoms with Crippen LogP contribution in [-0.2, 0) is 9.59 Å². The largest absolute Gasteiger partial charge is 0.273 e. The molecule has 6 saturated carbocycles. The number of nitrogens with zero attached hydrogens (tertiary/aromatic N) is 4. The number of hydrazone groups is 2. The summed E-state index contributed by atoms with van der Waals surface area (Å²) in [5.41, 5.74) is 5.75. The van der Waals surface area contributed by atoms with E-state index >= 15 is 0 Å². The van der Waals surface area contributed by atoms with E-state index in [0.29, 0.717) is 11.1 Å². The van der Waals surface area contributed by atoms with Gasteiger partial charge in [0.1, 0.15) is 0 Å². The topological polar surface area (TPSA) is 169 Å². The van der Waals surface area contributed by atoms with Gasteiger partial charge in [0, 0.05) is 24.3 Å². The van der Waals surface area contributed by atoms with Crippen LogP contribution in [0.25, 0.3) is 0 Å². The van der Waals surface area contributed by atoms with E-state index in [1.165, 1.54) is 36.7 Å². The Balaban J connectivity index is 0.952. The zero-order valence-corrected chi connectivity index (χ0v) is 18.5. The van der Waals surface area contributed by atoms with E-state index in [0.717, 1.165) is 0 Å². The molecule has 0 atom stereocenters. The third-order valence-electron chi connectivity index (χ3n) is 9.38. The second-order valence-corrected chi connectivity index (χ2v) is 10.1. The van der Waals surface area contributed by atoms with E-state index in [2.05, 4.69) is 21.1 Å². The van der Waals surface area contributed by atoms with E-state index in [-0.39, 0.29) is 58.7 Å². The van der Waals surface area contributed by atoms with Gasteiger partial charge in [-0.3, -0.25) is 29.8 Å². The summed E-state index contributed by atoms with van der Waals surface area (Å²) in [6.45, 7) is 0. The molecule has 8 rings (SSSR count). The molecular weight excluding hydrogens is 468 g/mol. The molecule has 6 aliphatic rings. The first-order valence-corrected chi connectivity index (χ1v) is 11.5. The van der Waals surface area contributed by atoms with Crippen LogP contribution >= 0.6 is 0 Å². The molecule has 2 amide bonds. The number of rotatable bonds is 8. The van der Waals surface area contributed by atoms with Crippen LogP contribution in [-0.4, -0.2) is 34.1 Å². The monoisotopic (exact) mass is 486 g/mol. The lowest BCUT2D eigenvalue weighted by Crippen LogP contribution is -3.12. The highest BCUT2D eigenvalue weighted by Crippen LogP contribution is 3.10. The maximum Gasteiger partial charge on any atom is 0.269 e. The molecule has 0 radical (unpaired) electrons. The molecule has 2 aromatic rings. The quantitative estimate of drug-likeness (QED) is 0.328. The fourth-order valence-electron chi connectivity index (χ4n) is 8.32. The molecule has 0 unspecified atom stereocenters. The van der Waals surface area contributed by atoms with Crippen LogP contribution in [0.15, 0.2) is 58.7 Å². The number of amides is 2. The minimum Gasteiger partial charge on any atom is -0.273 e. The summed E-state index contributed by atoms with van der Waals surface area (Å²) in [6, 6.07) is 11.7. The normalized spacial score (nSPS) is 37.0. The zero-order chi connectivity index (χ0) is 25.0. The van der Waals surface area contributed by atoms with Gasteiger partial charge in [0.05, 0.1) is 33.1 Å². The van der Waals surface area contributed by atoms with Crippen molar-refractivity contribution in [1.29, 1.82) is 0 Å². The maximum atomic E-state index is 12.9. The van der Waals surface area contributed by atoms with Crippen molar-refractivity contribution in [3.63, 3.8) is 0 Å². The Bertz CT molecular complexity index is 1270. The van der Waals surface area contributed by atoms with Crippen LogP contribution in [0.2, 0.25) is 0 Å². The molecule has 0 aliphatic heterocycles. The number of hydrogen-bond acceptors (Lipinski definition) is 8. The lowest BCUT2D eigenvalue weighted by Gasteiger charge is -3.09. The summed E-state index contributed by atoms with van der Waals surface area (Å²) >= 11 is 0. The van der Waals surface area contributed by atoms with Gasteiger partial charge in [-0.05, 0) is 70.9 Å². The molecule has 12 heteroatoms. The molecule has 180 valence electrons. The summed E-state index contributed by atoms with van der Waals surface area (Å²) < 4.78 is 0. The van der Waals surface area contributed by atoms with Gasteiger partial charge < -0.3 is 0 Å². The van der Waals surface area contributed by atoms with Crippen LogP contribution in [0.4, 0.5) is 11.4 Å². The fourth-order valence-corrected chi connectivity index (χ4v) is 8.32. The predicted molar refractivity (Wildman–Crippen MR) is 123 cm³/mol. The van der Waals surface area contributed by atoms with Crippen molar-refractivity contribution >= 4 is 35.6 Å². The number of non-ortho nitro benzene ring substituents is 2. The molecule has 6 fully saturated rings. The van der Waals surface area contributed by atoms with Crippen LogP contribution in [0.1, 0.15) is 11.1 Å². The van der Waals surface area contributed by atoms with Crippen molar-refractivity contribution in [1.82, 2.24) is 10.9 Å². The number of hydrogen-bond donors (Lipinski definition) is 2. The second-order valence-electron chi connectivity index (χ2n) is 10.1. The van der Waals surface area contributed by atoms with Crippen molar-refractivity contribution in [3.05, 3.63) is 79.9 Å². The van der Waals surface area contributed by atoms with Gasteiger partial charge >= 0.3 is 0 Å². The summed E-state index contributed by atoms with van der Waals surface area (Å²) in [7, 11) is 0. The summed E-state index contributed by atoms with van der Waals surface area (Å²) in [5.74, 6) is 1.11. The van der Waals surface area contributed by atoms with Crippen molar-refractivity contribution in [2.24, 2.45) is 56.5 Å². The Morgan fingerprint density at radius 3 is 1.25 bits per heavy atom. The molecular formula is C24H18N6O6. The standard InChI is InChI=1S/C24H18N6O6/c31-21(27-25-9-11-1-5-13(6-2-11)29(33)34)23-15-18-16(23)20-17(23)19(15)24(18,20)22(32)28-26-10-12-3-7-14(8-4-12)30(35)36/h1-10,15-20H,(H,27,31)(H,28,32). The van der Waals surface area contributed by atoms with Gasteiger partial charge in [0.2, 0.25) is 11.8 Å². The minimum absolute atomic E-state index is 0.0149. The SMILES string of the molecule is O=C(NN=Cc1ccc([N+](=O)[O-])cc1)C12C3C4C1C1C2C3C41C(=O)NN=Cc1ccc([N+](=O)[O-])cc1. The Labute approximate surface area is 202 Å². The lowest BCUT2D eigenvalue weighted by molar-refractivity contribution is -0.624. The molecule has 36 heavy (non-hydrogen) atoms. The van der Waals surface area contributed by atoms with Crippen molar-refractivity contribution in [3.8, 4) is 0 Å². The van der Waals surface area contributed by atoms with E-state index in [1.54, 1.807) is 24.3 Å². The number of nitrogens with one attached hydrogen (secondary N) is 2. The number of carbonyl (C=O) groups is 2. The Kier molecular flexibility index (Phi) is 3.82. The third kappa shape index (κ3) is 2.08. The molecule has 0 heterocycles. The maximum absolute atomic E-state index is 12.9. The summed E-state index contributed by atoms with van der Waals surface area (Å²) in [5, 5.41) is 29.6. The molecule has 0 aromatic heterocycles. The molecule has 0 spiro atoms. The Morgan fingerprint density at radius 2 is 0.972 bits per heavy atom. The van der Waals surface area contributed by atoms with Gasteiger partial charge in [0.25, 0.3) is 11.4 Å². The van der Waals surface area contributed by atoms with Gasteiger partial charge in [0.15, 0.2) is 0 Å². The molecule has 2 N–H and O–H groups in total. The fraction of sp³-hybridized carbons (Fsp3) is 0.333. The molecule has 6 aliphatic carbocycles. The molecule has 0 bridgehead atoms. The average Bonchev–Trinajstić information content (AvgIpc) is 2.88. The highest BCUT2D eigenvalue weighted by atomic mass is 16.6. The zero-order valence-electron chi connectivity index (χ0n) is 18.5. The van der Waals surface area contributed by atoms with Crippen molar-refractivity contribution < 1.29 is 19.4 Å².